The second-order valence-electron chi connectivity index (χ2n) is 4.93. The van der Waals surface area contributed by atoms with Crippen LogP contribution in [0.4, 0.5) is 0 Å². The van der Waals surface area contributed by atoms with Crippen molar-refractivity contribution in [1.82, 2.24) is 5.32 Å². The van der Waals surface area contributed by atoms with E-state index in [1.165, 1.54) is 0 Å². The topological polar surface area (TPSA) is 72.2 Å². The summed E-state index contributed by atoms with van der Waals surface area (Å²) in [7, 11) is 0. The Labute approximate surface area is 124 Å². The van der Waals surface area contributed by atoms with Crippen LogP contribution in [0.5, 0.6) is 0 Å². The highest BCUT2D eigenvalue weighted by Gasteiger charge is 2.19. The molecular formula is C17H18N2O2. The monoisotopic (exact) mass is 282 g/mol. The van der Waals surface area contributed by atoms with E-state index in [9.17, 15) is 9.59 Å². The maximum absolute atomic E-state index is 12.1. The number of aryl methyl sites for hydroxylation is 1. The van der Waals surface area contributed by atoms with Gasteiger partial charge in [0, 0.05) is 12.0 Å². The van der Waals surface area contributed by atoms with Gasteiger partial charge in [0.15, 0.2) is 0 Å². The second-order valence-corrected chi connectivity index (χ2v) is 4.93. The summed E-state index contributed by atoms with van der Waals surface area (Å²) in [6.45, 7) is 1.96. The van der Waals surface area contributed by atoms with Gasteiger partial charge in [-0.25, -0.2) is 0 Å². The van der Waals surface area contributed by atoms with E-state index in [4.69, 9.17) is 5.73 Å². The van der Waals surface area contributed by atoms with Gasteiger partial charge in [0.1, 0.15) is 6.04 Å². The average Bonchev–Trinajstić information content (AvgIpc) is 2.49. The molecule has 0 spiro atoms. The molecule has 0 aliphatic carbocycles. The van der Waals surface area contributed by atoms with Crippen LogP contribution in [-0.4, -0.2) is 17.9 Å². The molecule has 2 aromatic carbocycles. The van der Waals surface area contributed by atoms with Gasteiger partial charge >= 0.3 is 0 Å². The SMILES string of the molecule is Cc1ccccc1C[C@H](NC(=O)c1ccccc1)C(N)=O. The van der Waals surface area contributed by atoms with Crippen LogP contribution < -0.4 is 11.1 Å². The fraction of sp³-hybridized carbons (Fsp3) is 0.176. The number of hydrogen-bond donors (Lipinski definition) is 2. The summed E-state index contributed by atoms with van der Waals surface area (Å²) in [6.07, 6.45) is 0.389. The molecule has 3 N–H and O–H groups in total. The van der Waals surface area contributed by atoms with Gasteiger partial charge in [-0.1, -0.05) is 42.5 Å². The smallest absolute Gasteiger partial charge is 0.251 e. The molecule has 2 aromatic rings. The summed E-state index contributed by atoms with van der Waals surface area (Å²) in [6, 6.07) is 15.8. The lowest BCUT2D eigenvalue weighted by Gasteiger charge is -2.16. The lowest BCUT2D eigenvalue weighted by molar-refractivity contribution is -0.119. The zero-order valence-corrected chi connectivity index (χ0v) is 11.9. The first-order chi connectivity index (χ1) is 10.1. The Morgan fingerprint density at radius 1 is 1.05 bits per heavy atom. The molecule has 108 valence electrons. The van der Waals surface area contributed by atoms with E-state index in [1.54, 1.807) is 24.3 Å². The molecule has 4 heteroatoms. The molecule has 1 atom stereocenters. The summed E-state index contributed by atoms with van der Waals surface area (Å²) in [5.41, 5.74) is 7.98. The third-order valence-corrected chi connectivity index (χ3v) is 3.37. The maximum atomic E-state index is 12.1. The van der Waals surface area contributed by atoms with E-state index in [2.05, 4.69) is 5.32 Å². The molecule has 0 saturated heterocycles. The number of hydrogen-bond acceptors (Lipinski definition) is 2. The highest BCUT2D eigenvalue weighted by Crippen LogP contribution is 2.10. The van der Waals surface area contributed by atoms with Gasteiger partial charge in [0.2, 0.25) is 5.91 Å². The number of amides is 2. The van der Waals surface area contributed by atoms with Crippen molar-refractivity contribution in [2.45, 2.75) is 19.4 Å². The first-order valence-electron chi connectivity index (χ1n) is 6.77. The second kappa shape index (κ2) is 6.70. The van der Waals surface area contributed by atoms with Crippen LogP contribution in [0.25, 0.3) is 0 Å². The lowest BCUT2D eigenvalue weighted by Crippen LogP contribution is -2.45. The van der Waals surface area contributed by atoms with E-state index in [0.29, 0.717) is 12.0 Å². The van der Waals surface area contributed by atoms with Crippen LogP contribution in [0.3, 0.4) is 0 Å². The number of rotatable bonds is 5. The van der Waals surface area contributed by atoms with Crippen molar-refractivity contribution >= 4 is 11.8 Å². The number of primary amides is 1. The van der Waals surface area contributed by atoms with E-state index in [-0.39, 0.29) is 5.91 Å². The van der Waals surface area contributed by atoms with Crippen molar-refractivity contribution < 1.29 is 9.59 Å². The molecule has 0 aliphatic rings. The Hall–Kier alpha value is -2.62. The molecule has 0 aliphatic heterocycles. The van der Waals surface area contributed by atoms with Gasteiger partial charge in [-0.05, 0) is 30.2 Å². The molecule has 4 nitrogen and oxygen atoms in total. The highest BCUT2D eigenvalue weighted by atomic mass is 16.2. The molecule has 0 fully saturated rings. The van der Waals surface area contributed by atoms with E-state index in [0.717, 1.165) is 11.1 Å². The van der Waals surface area contributed by atoms with Crippen LogP contribution in [0.1, 0.15) is 21.5 Å². The summed E-state index contributed by atoms with van der Waals surface area (Å²) >= 11 is 0. The Bertz CT molecular complexity index is 638. The number of carbonyl (C=O) groups excluding carboxylic acids is 2. The van der Waals surface area contributed by atoms with Gasteiger partial charge < -0.3 is 11.1 Å². The normalized spacial score (nSPS) is 11.7. The first kappa shape index (κ1) is 14.8. The number of benzene rings is 2. The van der Waals surface area contributed by atoms with Crippen molar-refractivity contribution in [1.29, 1.82) is 0 Å². The zero-order valence-electron chi connectivity index (χ0n) is 11.9. The molecule has 0 bridgehead atoms. The fourth-order valence-corrected chi connectivity index (χ4v) is 2.11. The summed E-state index contributed by atoms with van der Waals surface area (Å²) < 4.78 is 0. The van der Waals surface area contributed by atoms with Gasteiger partial charge in [0.05, 0.1) is 0 Å². The minimum absolute atomic E-state index is 0.298. The minimum atomic E-state index is -0.723. The Morgan fingerprint density at radius 2 is 1.67 bits per heavy atom. The predicted octanol–water partition coefficient (Wildman–Crippen LogP) is 1.82. The third kappa shape index (κ3) is 3.92. The van der Waals surface area contributed by atoms with Crippen LogP contribution in [0, 0.1) is 6.92 Å². The van der Waals surface area contributed by atoms with Gasteiger partial charge in [-0.15, -0.1) is 0 Å². The number of nitrogens with one attached hydrogen (secondary N) is 1. The van der Waals surface area contributed by atoms with Crippen LogP contribution in [0.2, 0.25) is 0 Å². The molecule has 2 amide bonds. The Kier molecular flexibility index (Phi) is 4.72. The minimum Gasteiger partial charge on any atom is -0.368 e. The van der Waals surface area contributed by atoms with Crippen molar-refractivity contribution in [3.8, 4) is 0 Å². The van der Waals surface area contributed by atoms with Crippen molar-refractivity contribution in [2.75, 3.05) is 0 Å². The molecule has 0 radical (unpaired) electrons. The van der Waals surface area contributed by atoms with E-state index >= 15 is 0 Å². The standard InChI is InChI=1S/C17H18N2O2/c1-12-7-5-6-10-14(12)11-15(16(18)20)19-17(21)13-8-3-2-4-9-13/h2-10,15H,11H2,1H3,(H2,18,20)(H,19,21)/t15-/m0/s1. The zero-order chi connectivity index (χ0) is 15.2. The average molecular weight is 282 g/mol. The summed E-state index contributed by atoms with van der Waals surface area (Å²) in [4.78, 5) is 23.7. The van der Waals surface area contributed by atoms with Crippen molar-refractivity contribution in [3.63, 3.8) is 0 Å². The molecule has 2 rings (SSSR count). The van der Waals surface area contributed by atoms with E-state index in [1.807, 2.05) is 37.3 Å². The fourth-order valence-electron chi connectivity index (χ4n) is 2.11. The highest BCUT2D eigenvalue weighted by molar-refractivity contribution is 5.97. The van der Waals surface area contributed by atoms with Gasteiger partial charge in [0.25, 0.3) is 5.91 Å². The molecule has 0 heterocycles. The number of nitrogens with two attached hydrogens (primary N) is 1. The molecule has 0 unspecified atom stereocenters. The Morgan fingerprint density at radius 3 is 2.29 bits per heavy atom. The Balaban J connectivity index is 2.12. The van der Waals surface area contributed by atoms with Crippen LogP contribution in [-0.2, 0) is 11.2 Å². The largest absolute Gasteiger partial charge is 0.368 e. The van der Waals surface area contributed by atoms with Gasteiger partial charge in [-0.2, -0.15) is 0 Å². The predicted molar refractivity (Wildman–Crippen MR) is 81.8 cm³/mol. The molecule has 0 saturated carbocycles. The summed E-state index contributed by atoms with van der Waals surface area (Å²) in [5, 5.41) is 2.69. The number of carbonyl (C=O) groups is 2. The first-order valence-corrected chi connectivity index (χ1v) is 6.77. The van der Waals surface area contributed by atoms with E-state index < -0.39 is 11.9 Å². The van der Waals surface area contributed by atoms with Gasteiger partial charge in [-0.3, -0.25) is 9.59 Å². The quantitative estimate of drug-likeness (QED) is 0.878. The van der Waals surface area contributed by atoms with Crippen LogP contribution in [0.15, 0.2) is 54.6 Å². The van der Waals surface area contributed by atoms with Crippen LogP contribution >= 0.6 is 0 Å². The lowest BCUT2D eigenvalue weighted by atomic mass is 10.0. The van der Waals surface area contributed by atoms with Crippen molar-refractivity contribution in [3.05, 3.63) is 71.3 Å². The molecule has 21 heavy (non-hydrogen) atoms. The van der Waals surface area contributed by atoms with Crippen molar-refractivity contribution in [2.24, 2.45) is 5.73 Å². The third-order valence-electron chi connectivity index (χ3n) is 3.37. The molecule has 0 aromatic heterocycles. The summed E-state index contributed by atoms with van der Waals surface area (Å²) in [5.74, 6) is -0.837. The maximum Gasteiger partial charge on any atom is 0.251 e. The molecular weight excluding hydrogens is 264 g/mol.